The average Bonchev–Trinajstić information content (AvgIpc) is 2.97. The first-order valence-corrected chi connectivity index (χ1v) is 6.22. The van der Waals surface area contributed by atoms with Crippen LogP contribution in [0, 0.1) is 5.92 Å². The van der Waals surface area contributed by atoms with Gasteiger partial charge in [0.15, 0.2) is 0 Å². The highest BCUT2D eigenvalue weighted by Gasteiger charge is 2.30. The lowest BCUT2D eigenvalue weighted by atomic mass is 10.1. The van der Waals surface area contributed by atoms with E-state index in [2.05, 4.69) is 0 Å². The number of carboxylic acid groups (broad SMARTS) is 1. The molecule has 0 bridgehead atoms. The van der Waals surface area contributed by atoms with Crippen molar-refractivity contribution in [3.8, 4) is 0 Å². The molecule has 1 unspecified atom stereocenters. The molecule has 1 saturated heterocycles. The second-order valence-electron chi connectivity index (χ2n) is 4.11. The number of thiophene rings is 1. The molecule has 1 aromatic rings. The molecule has 0 aliphatic carbocycles. The summed E-state index contributed by atoms with van der Waals surface area (Å²) in [5, 5.41) is 8.78. The molecule has 0 spiro atoms. The topological polar surface area (TPSA) is 101 Å². The number of primary amides is 1. The molecule has 1 aliphatic heterocycles. The van der Waals surface area contributed by atoms with Crippen LogP contribution in [0.1, 0.15) is 25.8 Å². The van der Waals surface area contributed by atoms with Gasteiger partial charge in [0.25, 0.3) is 5.91 Å². The van der Waals surface area contributed by atoms with E-state index in [1.807, 2.05) is 0 Å². The first-order chi connectivity index (χ1) is 8.49. The molecule has 1 aromatic heterocycles. The SMILES string of the molecule is NC(=O)C1CCN(C(=O)c2ccc(C(=O)O)s2)C1. The number of amides is 2. The fraction of sp³-hybridized carbons (Fsp3) is 0.364. The van der Waals surface area contributed by atoms with Gasteiger partial charge in [-0.3, -0.25) is 9.59 Å². The zero-order chi connectivity index (χ0) is 13.3. The minimum Gasteiger partial charge on any atom is -0.477 e. The van der Waals surface area contributed by atoms with E-state index in [1.54, 1.807) is 0 Å². The number of nitrogens with zero attached hydrogens (tertiary/aromatic N) is 1. The summed E-state index contributed by atoms with van der Waals surface area (Å²) in [5.41, 5.74) is 5.19. The first-order valence-electron chi connectivity index (χ1n) is 5.40. The second-order valence-corrected chi connectivity index (χ2v) is 5.19. The molecule has 2 rings (SSSR count). The van der Waals surface area contributed by atoms with Gasteiger partial charge in [-0.15, -0.1) is 11.3 Å². The summed E-state index contributed by atoms with van der Waals surface area (Å²) in [5.74, 6) is -1.98. The van der Waals surface area contributed by atoms with Crippen LogP contribution < -0.4 is 5.73 Å². The fourth-order valence-corrected chi connectivity index (χ4v) is 2.71. The van der Waals surface area contributed by atoms with Gasteiger partial charge in [0.1, 0.15) is 4.88 Å². The number of carbonyl (C=O) groups excluding carboxylic acids is 2. The van der Waals surface area contributed by atoms with Crippen LogP contribution in [-0.4, -0.2) is 40.9 Å². The number of hydrogen-bond acceptors (Lipinski definition) is 4. The average molecular weight is 268 g/mol. The number of rotatable bonds is 3. The number of carboxylic acids is 1. The highest BCUT2D eigenvalue weighted by molar-refractivity contribution is 7.15. The molecule has 7 heteroatoms. The van der Waals surface area contributed by atoms with E-state index >= 15 is 0 Å². The van der Waals surface area contributed by atoms with E-state index in [1.165, 1.54) is 17.0 Å². The Labute approximate surface area is 107 Å². The smallest absolute Gasteiger partial charge is 0.345 e. The molecule has 6 nitrogen and oxygen atoms in total. The Kier molecular flexibility index (Phi) is 3.33. The van der Waals surface area contributed by atoms with Crippen molar-refractivity contribution in [1.82, 2.24) is 4.90 Å². The molecule has 2 heterocycles. The van der Waals surface area contributed by atoms with E-state index in [0.717, 1.165) is 11.3 Å². The van der Waals surface area contributed by atoms with Crippen LogP contribution in [-0.2, 0) is 4.79 Å². The number of hydrogen-bond donors (Lipinski definition) is 2. The van der Waals surface area contributed by atoms with Crippen molar-refractivity contribution < 1.29 is 19.5 Å². The molecule has 1 fully saturated rings. The van der Waals surface area contributed by atoms with Crippen LogP contribution >= 0.6 is 11.3 Å². The predicted octanol–water partition coefficient (Wildman–Crippen LogP) is 0.394. The monoisotopic (exact) mass is 268 g/mol. The minimum atomic E-state index is -1.05. The van der Waals surface area contributed by atoms with Crippen LogP contribution in [0.2, 0.25) is 0 Å². The van der Waals surface area contributed by atoms with Crippen LogP contribution in [0.3, 0.4) is 0 Å². The van der Waals surface area contributed by atoms with Gasteiger partial charge in [-0.25, -0.2) is 4.79 Å². The lowest BCUT2D eigenvalue weighted by Crippen LogP contribution is -2.31. The zero-order valence-electron chi connectivity index (χ0n) is 9.46. The molecule has 96 valence electrons. The molecule has 1 aliphatic rings. The van der Waals surface area contributed by atoms with Crippen molar-refractivity contribution in [2.75, 3.05) is 13.1 Å². The van der Waals surface area contributed by atoms with Crippen molar-refractivity contribution >= 4 is 29.1 Å². The van der Waals surface area contributed by atoms with Gasteiger partial charge >= 0.3 is 5.97 Å². The van der Waals surface area contributed by atoms with Crippen LogP contribution in [0.5, 0.6) is 0 Å². The molecule has 3 N–H and O–H groups in total. The summed E-state index contributed by atoms with van der Waals surface area (Å²) in [4.78, 5) is 35.8. The predicted molar refractivity (Wildman–Crippen MR) is 64.5 cm³/mol. The number of likely N-dealkylation sites (tertiary alicyclic amines) is 1. The Morgan fingerprint density at radius 2 is 2.00 bits per heavy atom. The largest absolute Gasteiger partial charge is 0.477 e. The van der Waals surface area contributed by atoms with Crippen molar-refractivity contribution in [1.29, 1.82) is 0 Å². The van der Waals surface area contributed by atoms with Gasteiger partial charge in [0.05, 0.1) is 10.8 Å². The molecule has 18 heavy (non-hydrogen) atoms. The third-order valence-electron chi connectivity index (χ3n) is 2.91. The Morgan fingerprint density at radius 1 is 1.33 bits per heavy atom. The Bertz CT molecular complexity index is 511. The van der Waals surface area contributed by atoms with E-state index in [9.17, 15) is 14.4 Å². The van der Waals surface area contributed by atoms with Gasteiger partial charge in [0, 0.05) is 13.1 Å². The number of nitrogens with two attached hydrogens (primary N) is 1. The molecule has 0 aromatic carbocycles. The summed E-state index contributed by atoms with van der Waals surface area (Å²) in [6.07, 6.45) is 0.568. The molecule has 0 radical (unpaired) electrons. The lowest BCUT2D eigenvalue weighted by molar-refractivity contribution is -0.121. The lowest BCUT2D eigenvalue weighted by Gasteiger charge is -2.14. The number of aromatic carboxylic acids is 1. The van der Waals surface area contributed by atoms with Gasteiger partial charge in [-0.2, -0.15) is 0 Å². The highest BCUT2D eigenvalue weighted by atomic mass is 32.1. The maximum absolute atomic E-state index is 12.0. The molecular formula is C11H12N2O4S. The standard InChI is InChI=1S/C11H12N2O4S/c12-9(14)6-3-4-13(5-6)10(15)7-1-2-8(18-7)11(16)17/h1-2,6H,3-5H2,(H2,12,14)(H,16,17). The van der Waals surface area contributed by atoms with Gasteiger partial charge in [-0.05, 0) is 18.6 Å². The summed E-state index contributed by atoms with van der Waals surface area (Å²) < 4.78 is 0. The molecule has 1 atom stereocenters. The third-order valence-corrected chi connectivity index (χ3v) is 3.97. The quantitative estimate of drug-likeness (QED) is 0.828. The third kappa shape index (κ3) is 2.35. The first kappa shape index (κ1) is 12.6. The summed E-state index contributed by atoms with van der Waals surface area (Å²) in [6.45, 7) is 0.793. The Balaban J connectivity index is 2.08. The van der Waals surface area contributed by atoms with Gasteiger partial charge in [0.2, 0.25) is 5.91 Å². The van der Waals surface area contributed by atoms with E-state index < -0.39 is 11.9 Å². The van der Waals surface area contributed by atoms with E-state index in [-0.39, 0.29) is 16.7 Å². The summed E-state index contributed by atoms with van der Waals surface area (Å²) in [6, 6.07) is 2.90. The van der Waals surface area contributed by atoms with Crippen molar-refractivity contribution in [2.24, 2.45) is 11.7 Å². The summed E-state index contributed by atoms with van der Waals surface area (Å²) >= 11 is 0.939. The van der Waals surface area contributed by atoms with Crippen molar-refractivity contribution in [2.45, 2.75) is 6.42 Å². The zero-order valence-corrected chi connectivity index (χ0v) is 10.3. The normalized spacial score (nSPS) is 18.9. The maximum atomic E-state index is 12.0. The van der Waals surface area contributed by atoms with Gasteiger partial charge < -0.3 is 15.7 Å². The number of carbonyl (C=O) groups is 3. The Hall–Kier alpha value is -1.89. The maximum Gasteiger partial charge on any atom is 0.345 e. The summed E-state index contributed by atoms with van der Waals surface area (Å²) in [7, 11) is 0. The van der Waals surface area contributed by atoms with Crippen LogP contribution in [0.4, 0.5) is 0 Å². The highest BCUT2D eigenvalue weighted by Crippen LogP contribution is 2.22. The van der Waals surface area contributed by atoms with Crippen molar-refractivity contribution in [3.05, 3.63) is 21.9 Å². The molecular weight excluding hydrogens is 256 g/mol. The van der Waals surface area contributed by atoms with Crippen molar-refractivity contribution in [3.63, 3.8) is 0 Å². The van der Waals surface area contributed by atoms with Gasteiger partial charge in [-0.1, -0.05) is 0 Å². The fourth-order valence-electron chi connectivity index (χ4n) is 1.90. The molecule has 2 amide bonds. The Morgan fingerprint density at radius 3 is 2.50 bits per heavy atom. The van der Waals surface area contributed by atoms with Crippen LogP contribution in [0.25, 0.3) is 0 Å². The second kappa shape index (κ2) is 4.77. The van der Waals surface area contributed by atoms with E-state index in [4.69, 9.17) is 10.8 Å². The molecule has 0 saturated carbocycles. The minimum absolute atomic E-state index is 0.129. The van der Waals surface area contributed by atoms with E-state index in [0.29, 0.717) is 24.4 Å². The van der Waals surface area contributed by atoms with Crippen LogP contribution in [0.15, 0.2) is 12.1 Å².